The minimum absolute atomic E-state index is 0.139. The van der Waals surface area contributed by atoms with Crippen molar-refractivity contribution < 1.29 is 5.11 Å². The van der Waals surface area contributed by atoms with Crippen LogP contribution < -0.4 is 5.73 Å². The Morgan fingerprint density at radius 1 is 1.75 bits per heavy atom. The first-order chi connectivity index (χ1) is 3.77. The molecule has 0 radical (unpaired) electrons. The molecule has 0 aromatic heterocycles. The van der Waals surface area contributed by atoms with Crippen LogP contribution in [0.1, 0.15) is 6.42 Å². The lowest BCUT2D eigenvalue weighted by molar-refractivity contribution is 0.213. The van der Waals surface area contributed by atoms with Gasteiger partial charge in [-0.1, -0.05) is 0 Å². The third kappa shape index (κ3) is 1.16. The highest BCUT2D eigenvalue weighted by Crippen LogP contribution is 2.24. The van der Waals surface area contributed by atoms with Crippen molar-refractivity contribution in [3.05, 3.63) is 0 Å². The maximum Gasteiger partial charge on any atom is 0.0619 e. The second-order valence-electron chi connectivity index (χ2n) is 2.32. The molecule has 8 heavy (non-hydrogen) atoms. The maximum absolute atomic E-state index is 8.69. The minimum atomic E-state index is -0.245. The van der Waals surface area contributed by atoms with Gasteiger partial charge in [0.25, 0.3) is 0 Å². The lowest BCUT2D eigenvalue weighted by Gasteiger charge is -2.17. The Morgan fingerprint density at radius 2 is 2.50 bits per heavy atom. The topological polar surface area (TPSA) is 46.2 Å². The van der Waals surface area contributed by atoms with Crippen molar-refractivity contribution in [2.24, 2.45) is 5.73 Å². The van der Waals surface area contributed by atoms with E-state index in [-0.39, 0.29) is 12.1 Å². The van der Waals surface area contributed by atoms with Crippen LogP contribution in [0.3, 0.4) is 0 Å². The Labute approximate surface area is 53.5 Å². The van der Waals surface area contributed by atoms with Gasteiger partial charge in [0, 0.05) is 11.3 Å². The Balaban J connectivity index is 2.40. The molecule has 3 N–H and O–H groups in total. The molecule has 1 unspecified atom stereocenters. The number of nitrogens with two attached hydrogens (primary N) is 1. The summed E-state index contributed by atoms with van der Waals surface area (Å²) >= 11 is 1.82. The summed E-state index contributed by atoms with van der Waals surface area (Å²) in [6.45, 7) is 0.139. The van der Waals surface area contributed by atoms with Crippen LogP contribution in [0.2, 0.25) is 0 Å². The Morgan fingerprint density at radius 3 is 2.75 bits per heavy atom. The first-order valence-electron chi connectivity index (χ1n) is 2.74. The van der Waals surface area contributed by atoms with Crippen molar-refractivity contribution in [1.29, 1.82) is 0 Å². The van der Waals surface area contributed by atoms with Crippen LogP contribution in [0.5, 0.6) is 0 Å². The van der Waals surface area contributed by atoms with Crippen molar-refractivity contribution in [3.63, 3.8) is 0 Å². The van der Waals surface area contributed by atoms with Gasteiger partial charge in [-0.2, -0.15) is 11.8 Å². The molecule has 1 aliphatic heterocycles. The molecular formula is C5H11NOS. The lowest BCUT2D eigenvalue weighted by Crippen LogP contribution is -2.43. The molecule has 1 aliphatic rings. The van der Waals surface area contributed by atoms with E-state index in [1.807, 2.05) is 11.8 Å². The normalized spacial score (nSPS) is 38.2. The smallest absolute Gasteiger partial charge is 0.0619 e. The molecule has 1 rings (SSSR count). The molecule has 0 amide bonds. The van der Waals surface area contributed by atoms with Gasteiger partial charge in [-0.25, -0.2) is 0 Å². The van der Waals surface area contributed by atoms with Gasteiger partial charge in [0.2, 0.25) is 0 Å². The number of aliphatic hydroxyl groups is 1. The minimum Gasteiger partial charge on any atom is -0.394 e. The monoisotopic (exact) mass is 133 g/mol. The van der Waals surface area contributed by atoms with Gasteiger partial charge in [0.1, 0.15) is 0 Å². The number of rotatable bonds is 1. The van der Waals surface area contributed by atoms with Gasteiger partial charge in [0.05, 0.1) is 6.61 Å². The fourth-order valence-corrected chi connectivity index (χ4v) is 2.09. The van der Waals surface area contributed by atoms with E-state index in [1.165, 1.54) is 0 Å². The van der Waals surface area contributed by atoms with Crippen LogP contribution in [0.15, 0.2) is 0 Å². The molecule has 0 saturated carbocycles. The van der Waals surface area contributed by atoms with E-state index >= 15 is 0 Å². The van der Waals surface area contributed by atoms with Crippen LogP contribution in [-0.2, 0) is 0 Å². The Bertz CT molecular complexity index is 80.5. The number of aliphatic hydroxyl groups excluding tert-OH is 1. The van der Waals surface area contributed by atoms with Crippen molar-refractivity contribution in [2.75, 3.05) is 18.1 Å². The average molecular weight is 133 g/mol. The largest absolute Gasteiger partial charge is 0.394 e. The summed E-state index contributed by atoms with van der Waals surface area (Å²) in [5, 5.41) is 8.69. The quantitative estimate of drug-likeness (QED) is 0.521. The Kier molecular flexibility index (Phi) is 1.80. The average Bonchev–Trinajstić information content (AvgIpc) is 2.17. The van der Waals surface area contributed by atoms with E-state index < -0.39 is 0 Å². The van der Waals surface area contributed by atoms with E-state index in [2.05, 4.69) is 0 Å². The van der Waals surface area contributed by atoms with Gasteiger partial charge in [0.15, 0.2) is 0 Å². The summed E-state index contributed by atoms with van der Waals surface area (Å²) in [6.07, 6.45) is 0.966. The van der Waals surface area contributed by atoms with E-state index in [0.29, 0.717) is 0 Å². The first kappa shape index (κ1) is 6.39. The predicted octanol–water partition coefficient (Wildman–Crippen LogP) is -0.187. The third-order valence-corrected chi connectivity index (χ3v) is 2.72. The number of thioether (sulfide) groups is 1. The van der Waals surface area contributed by atoms with Crippen LogP contribution in [-0.4, -0.2) is 28.8 Å². The van der Waals surface area contributed by atoms with E-state index in [0.717, 1.165) is 17.9 Å². The lowest BCUT2D eigenvalue weighted by atomic mass is 10.0. The predicted molar refractivity (Wildman–Crippen MR) is 35.9 cm³/mol. The zero-order chi connectivity index (χ0) is 6.04. The zero-order valence-electron chi connectivity index (χ0n) is 4.76. The molecule has 1 fully saturated rings. The van der Waals surface area contributed by atoms with E-state index in [1.54, 1.807) is 0 Å². The second kappa shape index (κ2) is 2.25. The standard InChI is InChI=1S/C5H11NOS/c6-5(3-7)1-2-8-4-5/h7H,1-4,6H2. The van der Waals surface area contributed by atoms with Crippen molar-refractivity contribution >= 4 is 11.8 Å². The molecule has 0 bridgehead atoms. The highest BCUT2D eigenvalue weighted by molar-refractivity contribution is 7.99. The highest BCUT2D eigenvalue weighted by Gasteiger charge is 2.28. The molecule has 1 heterocycles. The van der Waals surface area contributed by atoms with Gasteiger partial charge in [-0.3, -0.25) is 0 Å². The first-order valence-corrected chi connectivity index (χ1v) is 3.90. The van der Waals surface area contributed by atoms with Gasteiger partial charge < -0.3 is 10.8 Å². The molecule has 2 nitrogen and oxygen atoms in total. The highest BCUT2D eigenvalue weighted by atomic mass is 32.2. The van der Waals surface area contributed by atoms with Crippen molar-refractivity contribution in [1.82, 2.24) is 0 Å². The van der Waals surface area contributed by atoms with Crippen molar-refractivity contribution in [3.8, 4) is 0 Å². The number of hydrogen-bond acceptors (Lipinski definition) is 3. The molecule has 48 valence electrons. The SMILES string of the molecule is NC1(CO)CCSC1. The fourth-order valence-electron chi connectivity index (χ4n) is 0.748. The fraction of sp³-hybridized carbons (Fsp3) is 1.00. The molecule has 1 atom stereocenters. The van der Waals surface area contributed by atoms with E-state index in [4.69, 9.17) is 10.8 Å². The van der Waals surface area contributed by atoms with Gasteiger partial charge in [-0.05, 0) is 12.2 Å². The van der Waals surface area contributed by atoms with Crippen LogP contribution in [0.4, 0.5) is 0 Å². The Hall–Kier alpha value is 0.270. The molecule has 1 saturated heterocycles. The summed E-state index contributed by atoms with van der Waals surface area (Å²) in [4.78, 5) is 0. The molecule has 0 aliphatic carbocycles. The summed E-state index contributed by atoms with van der Waals surface area (Å²) in [5.74, 6) is 2.03. The zero-order valence-corrected chi connectivity index (χ0v) is 5.58. The molecule has 3 heteroatoms. The summed E-state index contributed by atoms with van der Waals surface area (Å²) in [5.41, 5.74) is 5.44. The van der Waals surface area contributed by atoms with Crippen LogP contribution in [0, 0.1) is 0 Å². The summed E-state index contributed by atoms with van der Waals surface area (Å²) < 4.78 is 0. The summed E-state index contributed by atoms with van der Waals surface area (Å²) in [7, 11) is 0. The summed E-state index contributed by atoms with van der Waals surface area (Å²) in [6, 6.07) is 0. The molecule has 0 aromatic carbocycles. The van der Waals surface area contributed by atoms with Crippen molar-refractivity contribution in [2.45, 2.75) is 12.0 Å². The number of hydrogen-bond donors (Lipinski definition) is 2. The molecular weight excluding hydrogens is 122 g/mol. The van der Waals surface area contributed by atoms with Gasteiger partial charge >= 0.3 is 0 Å². The second-order valence-corrected chi connectivity index (χ2v) is 3.43. The van der Waals surface area contributed by atoms with Crippen LogP contribution >= 0.6 is 11.8 Å². The van der Waals surface area contributed by atoms with Gasteiger partial charge in [-0.15, -0.1) is 0 Å². The maximum atomic E-state index is 8.69. The molecule has 0 spiro atoms. The third-order valence-electron chi connectivity index (χ3n) is 1.45. The molecule has 0 aromatic rings. The van der Waals surface area contributed by atoms with Crippen LogP contribution in [0.25, 0.3) is 0 Å². The van der Waals surface area contributed by atoms with E-state index in [9.17, 15) is 0 Å².